The van der Waals surface area contributed by atoms with Gasteiger partial charge in [-0.3, -0.25) is 4.90 Å². The van der Waals surface area contributed by atoms with E-state index in [1.807, 2.05) is 42.7 Å². The summed E-state index contributed by atoms with van der Waals surface area (Å²) in [4.78, 5) is 17.3. The summed E-state index contributed by atoms with van der Waals surface area (Å²) < 4.78 is 6.82. The van der Waals surface area contributed by atoms with Crippen LogP contribution in [0.1, 0.15) is 28.1 Å². The van der Waals surface area contributed by atoms with Crippen LogP contribution in [0.3, 0.4) is 0 Å². The van der Waals surface area contributed by atoms with Gasteiger partial charge in [0.05, 0.1) is 22.2 Å². The summed E-state index contributed by atoms with van der Waals surface area (Å²) in [6, 6.07) is 47.5. The lowest BCUT2D eigenvalue weighted by Crippen LogP contribution is -2.26. The summed E-state index contributed by atoms with van der Waals surface area (Å²) in [6.07, 6.45) is 7.21. The Morgan fingerprint density at radius 1 is 0.604 bits per heavy atom. The number of para-hydroxylation sites is 1. The molecule has 5 heteroatoms. The summed E-state index contributed by atoms with van der Waals surface area (Å²) in [5, 5.41) is 1.03. The quantitative estimate of drug-likeness (QED) is 0.170. The fourth-order valence-corrected chi connectivity index (χ4v) is 9.05. The van der Waals surface area contributed by atoms with E-state index in [0.717, 1.165) is 50.2 Å². The number of benzene rings is 6. The zero-order chi connectivity index (χ0) is 35.3. The lowest BCUT2D eigenvalue weighted by molar-refractivity contribution is 0.616. The first-order chi connectivity index (χ1) is 26.2. The molecule has 0 saturated carbocycles. The lowest BCUT2D eigenvalue weighted by Gasteiger charge is -2.32. The first-order valence-electron chi connectivity index (χ1n) is 17.8. The van der Waals surface area contributed by atoms with Crippen LogP contribution >= 0.6 is 0 Å². The molecule has 0 bridgehead atoms. The number of furan rings is 1. The van der Waals surface area contributed by atoms with Crippen molar-refractivity contribution in [3.63, 3.8) is 0 Å². The first kappa shape index (κ1) is 29.6. The van der Waals surface area contributed by atoms with E-state index < -0.39 is 5.41 Å². The molecular weight excluding hydrogens is 649 g/mol. The molecule has 0 saturated heterocycles. The van der Waals surface area contributed by atoms with Crippen molar-refractivity contribution < 1.29 is 4.42 Å². The summed E-state index contributed by atoms with van der Waals surface area (Å²) in [7, 11) is 0. The van der Waals surface area contributed by atoms with E-state index in [4.69, 9.17) is 19.4 Å². The fourth-order valence-electron chi connectivity index (χ4n) is 9.05. The third-order valence-electron chi connectivity index (χ3n) is 11.1. The zero-order valence-electron chi connectivity index (χ0n) is 28.6. The first-order valence-corrected chi connectivity index (χ1v) is 17.8. The predicted molar refractivity (Wildman–Crippen MR) is 213 cm³/mol. The van der Waals surface area contributed by atoms with Crippen LogP contribution in [0.5, 0.6) is 0 Å². The number of fused-ring (bicyclic) bond motifs is 13. The van der Waals surface area contributed by atoms with Crippen molar-refractivity contribution in [3.8, 4) is 44.8 Å². The number of allylic oxidation sites excluding steroid dienone is 4. The third kappa shape index (κ3) is 3.83. The highest BCUT2D eigenvalue weighted by molar-refractivity contribution is 6.18. The van der Waals surface area contributed by atoms with Crippen LogP contribution in [0.2, 0.25) is 0 Å². The van der Waals surface area contributed by atoms with E-state index in [2.05, 4.69) is 121 Å². The van der Waals surface area contributed by atoms with Gasteiger partial charge in [0, 0.05) is 22.3 Å². The molecule has 248 valence electrons. The number of nitrogens with zero attached hydrogens (tertiary/aromatic N) is 4. The molecule has 2 aliphatic carbocycles. The second kappa shape index (κ2) is 10.9. The molecule has 11 rings (SSSR count). The van der Waals surface area contributed by atoms with Crippen LogP contribution < -0.4 is 4.90 Å². The molecule has 8 aromatic rings. The molecule has 0 unspecified atom stereocenters. The second-order valence-corrected chi connectivity index (χ2v) is 13.6. The zero-order valence-corrected chi connectivity index (χ0v) is 28.6. The highest BCUT2D eigenvalue weighted by Gasteiger charge is 2.53. The van der Waals surface area contributed by atoms with Crippen LogP contribution in [-0.2, 0) is 5.41 Å². The minimum atomic E-state index is -0.491. The van der Waals surface area contributed by atoms with Crippen LogP contribution in [0, 0.1) is 0 Å². The van der Waals surface area contributed by atoms with Crippen LogP contribution in [0.15, 0.2) is 176 Å². The Kier molecular flexibility index (Phi) is 6.11. The van der Waals surface area contributed by atoms with Crippen molar-refractivity contribution in [2.75, 3.05) is 4.90 Å². The van der Waals surface area contributed by atoms with E-state index in [9.17, 15) is 0 Å². The molecule has 0 amide bonds. The van der Waals surface area contributed by atoms with Gasteiger partial charge in [0.2, 0.25) is 5.95 Å². The third-order valence-corrected chi connectivity index (χ3v) is 11.1. The molecular formula is C48H30N4O. The van der Waals surface area contributed by atoms with Crippen LogP contribution in [0.25, 0.3) is 61.3 Å². The van der Waals surface area contributed by atoms with Gasteiger partial charge in [-0.15, -0.1) is 0 Å². The summed E-state index contributed by atoms with van der Waals surface area (Å²) in [5.41, 5.74) is 16.0. The van der Waals surface area contributed by atoms with Gasteiger partial charge >= 0.3 is 0 Å². The molecule has 3 aliphatic rings. The maximum atomic E-state index is 6.82. The maximum absolute atomic E-state index is 6.82. The van der Waals surface area contributed by atoms with Crippen molar-refractivity contribution in [3.05, 3.63) is 199 Å². The van der Waals surface area contributed by atoms with E-state index in [0.29, 0.717) is 17.6 Å². The normalized spacial score (nSPS) is 14.0. The van der Waals surface area contributed by atoms with E-state index >= 15 is 0 Å². The molecule has 2 aromatic heterocycles. The van der Waals surface area contributed by atoms with Crippen molar-refractivity contribution in [1.29, 1.82) is 0 Å². The Morgan fingerprint density at radius 2 is 1.23 bits per heavy atom. The molecule has 6 aromatic carbocycles. The van der Waals surface area contributed by atoms with Crippen LogP contribution in [0.4, 0.5) is 17.3 Å². The number of hydrogen-bond donors (Lipinski definition) is 0. The number of aromatic nitrogens is 3. The minimum absolute atomic E-state index is 0.488. The van der Waals surface area contributed by atoms with Crippen molar-refractivity contribution >= 4 is 33.9 Å². The van der Waals surface area contributed by atoms with Crippen LogP contribution in [-0.4, -0.2) is 15.0 Å². The average Bonchev–Trinajstić information content (AvgIpc) is 3.88. The SMILES string of the molecule is C=C/C=C(\C=C)c1nc(-c2ccccc2)nc(N2c3ccccc3-c3cc4c(c5occ2c35)-c2ccccc2C42c3ccccc3-c3ccccc32)n1. The van der Waals surface area contributed by atoms with Crippen molar-refractivity contribution in [1.82, 2.24) is 15.0 Å². The Bertz CT molecular complexity index is 2850. The van der Waals surface area contributed by atoms with Gasteiger partial charge in [-0.2, -0.15) is 9.97 Å². The maximum Gasteiger partial charge on any atom is 0.238 e. The largest absolute Gasteiger partial charge is 0.461 e. The smallest absolute Gasteiger partial charge is 0.238 e. The van der Waals surface area contributed by atoms with Gasteiger partial charge in [0.1, 0.15) is 11.8 Å². The Hall–Kier alpha value is -7.11. The van der Waals surface area contributed by atoms with Gasteiger partial charge in [-0.05, 0) is 56.6 Å². The summed E-state index contributed by atoms with van der Waals surface area (Å²) >= 11 is 0. The van der Waals surface area contributed by atoms with Gasteiger partial charge in [-0.1, -0.05) is 153 Å². The van der Waals surface area contributed by atoms with Crippen molar-refractivity contribution in [2.45, 2.75) is 5.41 Å². The summed E-state index contributed by atoms with van der Waals surface area (Å²) in [5.74, 6) is 1.56. The molecule has 1 aliphatic heterocycles. The molecule has 1 spiro atoms. The fraction of sp³-hybridized carbons (Fsp3) is 0.0208. The molecule has 0 fully saturated rings. The Labute approximate surface area is 306 Å². The number of anilines is 3. The molecule has 0 atom stereocenters. The predicted octanol–water partition coefficient (Wildman–Crippen LogP) is 11.8. The molecule has 5 nitrogen and oxygen atoms in total. The highest BCUT2D eigenvalue weighted by Crippen LogP contribution is 2.66. The number of hydrogen-bond acceptors (Lipinski definition) is 5. The molecule has 53 heavy (non-hydrogen) atoms. The molecule has 0 N–H and O–H groups in total. The highest BCUT2D eigenvalue weighted by atomic mass is 16.3. The molecule has 0 radical (unpaired) electrons. The standard InChI is InChI=1S/C48H30N4O/c1-3-16-29(4-2)45-49-46(30-17-6-5-7-18-30)51-47(50-45)52-40-26-15-11-21-33(40)35-27-39-42(44-43(35)41(52)28-53-44)34-22-10-14-25-38(34)48(39)36-23-12-8-19-31(36)32-20-9-13-24-37(32)48/h3-28H,1-2H2/b29-16+. The number of rotatable bonds is 5. The van der Waals surface area contributed by atoms with Crippen molar-refractivity contribution in [2.24, 2.45) is 0 Å². The monoisotopic (exact) mass is 678 g/mol. The Morgan fingerprint density at radius 3 is 1.92 bits per heavy atom. The van der Waals surface area contributed by atoms with E-state index in [1.165, 1.54) is 38.9 Å². The molecule has 3 heterocycles. The van der Waals surface area contributed by atoms with Gasteiger partial charge in [-0.25, -0.2) is 4.98 Å². The second-order valence-electron chi connectivity index (χ2n) is 13.6. The minimum Gasteiger partial charge on any atom is -0.461 e. The van der Waals surface area contributed by atoms with Gasteiger partial charge < -0.3 is 4.42 Å². The topological polar surface area (TPSA) is 55.1 Å². The van der Waals surface area contributed by atoms with Gasteiger partial charge in [0.15, 0.2) is 11.6 Å². The van der Waals surface area contributed by atoms with E-state index in [-0.39, 0.29) is 0 Å². The summed E-state index contributed by atoms with van der Waals surface area (Å²) in [6.45, 7) is 7.97. The van der Waals surface area contributed by atoms with E-state index in [1.54, 1.807) is 12.2 Å². The Balaban J connectivity index is 1.23. The lowest BCUT2D eigenvalue weighted by atomic mass is 9.70. The average molecular weight is 679 g/mol. The van der Waals surface area contributed by atoms with Gasteiger partial charge in [0.25, 0.3) is 0 Å².